The van der Waals surface area contributed by atoms with Crippen LogP contribution in [-0.2, 0) is 0 Å². The number of hydrogen-bond donors (Lipinski definition) is 2. The van der Waals surface area contributed by atoms with Crippen molar-refractivity contribution in [2.75, 3.05) is 5.06 Å². The Balaban J connectivity index is 2.94. The second-order valence-corrected chi connectivity index (χ2v) is 2.93. The first-order valence-electron chi connectivity index (χ1n) is 3.89. The molecule has 1 aromatic rings. The Morgan fingerprint density at radius 1 is 1.25 bits per heavy atom. The maximum Gasteiger partial charge on any atom is 0.141 e. The van der Waals surface area contributed by atoms with Crippen LogP contribution in [0.15, 0.2) is 24.3 Å². The van der Waals surface area contributed by atoms with Gasteiger partial charge in [-0.25, -0.2) is 0 Å². The Hall–Kier alpha value is -1.22. The fraction of sp³-hybridized carbons (Fsp3) is 0.333. The number of hydrogen-bond acceptors (Lipinski definition) is 3. The average molecular weight is 167 g/mol. The highest BCUT2D eigenvalue weighted by Gasteiger charge is 2.09. The fourth-order valence-corrected chi connectivity index (χ4v) is 0.936. The van der Waals surface area contributed by atoms with Crippen LogP contribution in [-0.4, -0.2) is 16.4 Å². The lowest BCUT2D eigenvalue weighted by molar-refractivity contribution is 0.225. The summed E-state index contributed by atoms with van der Waals surface area (Å²) in [5, 5.41) is 19.8. The van der Waals surface area contributed by atoms with Gasteiger partial charge in [0.1, 0.15) is 11.4 Å². The van der Waals surface area contributed by atoms with E-state index in [4.69, 9.17) is 0 Å². The summed E-state index contributed by atoms with van der Waals surface area (Å²) in [6.45, 7) is 3.68. The topological polar surface area (TPSA) is 43.7 Å². The fourth-order valence-electron chi connectivity index (χ4n) is 0.936. The molecule has 0 bridgehead atoms. The van der Waals surface area contributed by atoms with Crippen molar-refractivity contribution < 1.29 is 10.3 Å². The van der Waals surface area contributed by atoms with Crippen LogP contribution in [0.5, 0.6) is 5.75 Å². The van der Waals surface area contributed by atoms with Crippen molar-refractivity contribution in [1.29, 1.82) is 0 Å². The van der Waals surface area contributed by atoms with Crippen molar-refractivity contribution in [2.24, 2.45) is 0 Å². The van der Waals surface area contributed by atoms with Crippen molar-refractivity contribution in [3.05, 3.63) is 24.3 Å². The molecule has 0 fully saturated rings. The Labute approximate surface area is 71.8 Å². The predicted molar refractivity (Wildman–Crippen MR) is 47.5 cm³/mol. The monoisotopic (exact) mass is 167 g/mol. The van der Waals surface area contributed by atoms with Crippen LogP contribution in [0.1, 0.15) is 13.8 Å². The molecule has 0 amide bonds. The molecule has 0 aliphatic heterocycles. The number of phenols is 1. The Morgan fingerprint density at radius 2 is 1.83 bits per heavy atom. The molecule has 0 heterocycles. The zero-order valence-corrected chi connectivity index (χ0v) is 7.23. The van der Waals surface area contributed by atoms with Gasteiger partial charge in [0, 0.05) is 0 Å². The first kappa shape index (κ1) is 8.87. The molecular weight excluding hydrogens is 154 g/mol. The van der Waals surface area contributed by atoms with Gasteiger partial charge in [-0.3, -0.25) is 10.3 Å². The van der Waals surface area contributed by atoms with Gasteiger partial charge in [-0.15, -0.1) is 0 Å². The molecule has 0 radical (unpaired) electrons. The van der Waals surface area contributed by atoms with Gasteiger partial charge in [-0.2, -0.15) is 0 Å². The van der Waals surface area contributed by atoms with Gasteiger partial charge in [-0.05, 0) is 26.0 Å². The first-order valence-corrected chi connectivity index (χ1v) is 3.89. The number of hydroxylamine groups is 1. The minimum Gasteiger partial charge on any atom is -0.506 e. The second kappa shape index (κ2) is 3.45. The normalized spacial score (nSPS) is 10.3. The molecule has 0 saturated carbocycles. The van der Waals surface area contributed by atoms with Crippen LogP contribution in [0.4, 0.5) is 5.69 Å². The number of phenolic OH excluding ortho intramolecular Hbond substituents is 1. The molecule has 0 atom stereocenters. The van der Waals surface area contributed by atoms with Crippen LogP contribution >= 0.6 is 0 Å². The summed E-state index contributed by atoms with van der Waals surface area (Å²) in [5.41, 5.74) is 0.438. The van der Waals surface area contributed by atoms with E-state index < -0.39 is 0 Å². The molecule has 3 heteroatoms. The van der Waals surface area contributed by atoms with Crippen LogP contribution in [0, 0.1) is 0 Å². The highest BCUT2D eigenvalue weighted by Crippen LogP contribution is 2.26. The third-order valence-electron chi connectivity index (χ3n) is 1.62. The van der Waals surface area contributed by atoms with Crippen molar-refractivity contribution in [3.8, 4) is 5.75 Å². The van der Waals surface area contributed by atoms with Crippen LogP contribution in [0.2, 0.25) is 0 Å². The largest absolute Gasteiger partial charge is 0.506 e. The number of aromatic hydroxyl groups is 1. The molecule has 0 unspecified atom stereocenters. The molecule has 1 rings (SSSR count). The van der Waals surface area contributed by atoms with Crippen LogP contribution < -0.4 is 5.06 Å². The Bertz CT molecular complexity index is 260. The first-order chi connectivity index (χ1) is 5.63. The number of rotatable bonds is 2. The molecule has 0 aliphatic rings. The third kappa shape index (κ3) is 1.68. The van der Waals surface area contributed by atoms with E-state index in [0.29, 0.717) is 5.69 Å². The molecule has 2 N–H and O–H groups in total. The number of nitrogens with zero attached hydrogens (tertiary/aromatic N) is 1. The highest BCUT2D eigenvalue weighted by molar-refractivity contribution is 5.55. The van der Waals surface area contributed by atoms with E-state index in [-0.39, 0.29) is 11.8 Å². The maximum absolute atomic E-state index is 9.45. The minimum absolute atomic E-state index is 0.0432. The standard InChI is InChI=1S/C9H13NO2/c1-7(2)10(12)8-5-3-4-6-9(8)11/h3-7,11-12H,1-2H3. The van der Waals surface area contributed by atoms with Crippen LogP contribution in [0.3, 0.4) is 0 Å². The van der Waals surface area contributed by atoms with Gasteiger partial charge >= 0.3 is 0 Å². The smallest absolute Gasteiger partial charge is 0.141 e. The van der Waals surface area contributed by atoms with E-state index in [2.05, 4.69) is 0 Å². The van der Waals surface area contributed by atoms with E-state index in [1.165, 1.54) is 0 Å². The number of anilines is 1. The zero-order chi connectivity index (χ0) is 9.14. The number of para-hydroxylation sites is 2. The average Bonchev–Trinajstić information content (AvgIpc) is 2.04. The third-order valence-corrected chi connectivity index (χ3v) is 1.62. The molecule has 66 valence electrons. The predicted octanol–water partition coefficient (Wildman–Crippen LogP) is 2.00. The van der Waals surface area contributed by atoms with E-state index >= 15 is 0 Å². The van der Waals surface area contributed by atoms with Gasteiger partial charge < -0.3 is 5.11 Å². The van der Waals surface area contributed by atoms with E-state index in [9.17, 15) is 10.3 Å². The van der Waals surface area contributed by atoms with Crippen molar-refractivity contribution in [1.82, 2.24) is 0 Å². The lowest BCUT2D eigenvalue weighted by atomic mass is 10.2. The summed E-state index contributed by atoms with van der Waals surface area (Å²) < 4.78 is 0. The van der Waals surface area contributed by atoms with E-state index in [1.54, 1.807) is 24.3 Å². The minimum atomic E-state index is -0.0432. The van der Waals surface area contributed by atoms with Gasteiger partial charge in [-0.1, -0.05) is 12.1 Å². The summed E-state index contributed by atoms with van der Waals surface area (Å²) in [6.07, 6.45) is 0. The summed E-state index contributed by atoms with van der Waals surface area (Å²) in [6, 6.07) is 6.64. The quantitative estimate of drug-likeness (QED) is 0.662. The molecule has 1 aromatic carbocycles. The second-order valence-electron chi connectivity index (χ2n) is 2.93. The van der Waals surface area contributed by atoms with Gasteiger partial charge in [0.05, 0.1) is 6.04 Å². The number of benzene rings is 1. The molecule has 3 nitrogen and oxygen atoms in total. The molecule has 0 aromatic heterocycles. The van der Waals surface area contributed by atoms with E-state index in [0.717, 1.165) is 5.06 Å². The lowest BCUT2D eigenvalue weighted by Gasteiger charge is -2.21. The summed E-state index contributed by atoms with van der Waals surface area (Å²) >= 11 is 0. The van der Waals surface area contributed by atoms with Crippen molar-refractivity contribution in [2.45, 2.75) is 19.9 Å². The SMILES string of the molecule is CC(C)N(O)c1ccccc1O. The molecular formula is C9H13NO2. The van der Waals surface area contributed by atoms with Gasteiger partial charge in [0.2, 0.25) is 0 Å². The Kier molecular flexibility index (Phi) is 2.55. The molecule has 12 heavy (non-hydrogen) atoms. The van der Waals surface area contributed by atoms with Crippen molar-refractivity contribution >= 4 is 5.69 Å². The zero-order valence-electron chi connectivity index (χ0n) is 7.23. The highest BCUT2D eigenvalue weighted by atomic mass is 16.5. The Morgan fingerprint density at radius 3 is 2.33 bits per heavy atom. The maximum atomic E-state index is 9.45. The van der Waals surface area contributed by atoms with Crippen molar-refractivity contribution in [3.63, 3.8) is 0 Å². The van der Waals surface area contributed by atoms with Gasteiger partial charge in [0.15, 0.2) is 0 Å². The van der Waals surface area contributed by atoms with Gasteiger partial charge in [0.25, 0.3) is 0 Å². The molecule has 0 aliphatic carbocycles. The lowest BCUT2D eigenvalue weighted by Crippen LogP contribution is -2.26. The molecule has 0 saturated heterocycles. The summed E-state index contributed by atoms with van der Waals surface area (Å²) in [7, 11) is 0. The summed E-state index contributed by atoms with van der Waals surface area (Å²) in [4.78, 5) is 0. The summed E-state index contributed by atoms with van der Waals surface area (Å²) in [5.74, 6) is 0.0914. The van der Waals surface area contributed by atoms with Crippen LogP contribution in [0.25, 0.3) is 0 Å². The van der Waals surface area contributed by atoms with E-state index in [1.807, 2.05) is 13.8 Å². The molecule has 0 spiro atoms.